The van der Waals surface area contributed by atoms with Crippen molar-refractivity contribution in [3.63, 3.8) is 0 Å². The lowest BCUT2D eigenvalue weighted by atomic mass is 10.3. The lowest BCUT2D eigenvalue weighted by molar-refractivity contribution is 0.335. The first-order valence-electron chi connectivity index (χ1n) is 3.89. The third-order valence-electron chi connectivity index (χ3n) is 0.952. The average Bonchev–Trinajstić information content (AvgIpc) is 1.91. The fourth-order valence-corrected chi connectivity index (χ4v) is 0.785. The summed E-state index contributed by atoms with van der Waals surface area (Å²) in [5, 5.41) is 0. The van der Waals surface area contributed by atoms with Gasteiger partial charge in [0.15, 0.2) is 0 Å². The summed E-state index contributed by atoms with van der Waals surface area (Å²) in [7, 11) is 0.906. The standard InChI is InChI=1S/C5H14OSi.C3H6/c1-2-3-4-5-6-7;1-3-2/h2-5H2,1,7H3;3H,1H2,2H3. The van der Waals surface area contributed by atoms with Gasteiger partial charge in [0.05, 0.1) is 0 Å². The van der Waals surface area contributed by atoms with E-state index >= 15 is 0 Å². The van der Waals surface area contributed by atoms with Crippen molar-refractivity contribution in [1.82, 2.24) is 0 Å². The maximum Gasteiger partial charge on any atom is 0.145 e. The maximum absolute atomic E-state index is 4.98. The molecule has 0 aromatic carbocycles. The Morgan fingerprint density at radius 2 is 2.00 bits per heavy atom. The monoisotopic (exact) mass is 160 g/mol. The van der Waals surface area contributed by atoms with Gasteiger partial charge in [-0.05, 0) is 13.3 Å². The van der Waals surface area contributed by atoms with Gasteiger partial charge in [0.2, 0.25) is 0 Å². The molecule has 0 aromatic heterocycles. The van der Waals surface area contributed by atoms with E-state index in [1.807, 2.05) is 6.92 Å². The largest absolute Gasteiger partial charge is 0.428 e. The molecular weight excluding hydrogens is 140 g/mol. The van der Waals surface area contributed by atoms with E-state index in [4.69, 9.17) is 4.43 Å². The molecule has 0 saturated heterocycles. The Bertz CT molecular complexity index is 51.2. The molecule has 10 heavy (non-hydrogen) atoms. The Kier molecular flexibility index (Phi) is 20.1. The van der Waals surface area contributed by atoms with Crippen LogP contribution in [0.15, 0.2) is 12.7 Å². The number of hydrogen-bond acceptors (Lipinski definition) is 1. The van der Waals surface area contributed by atoms with Crippen molar-refractivity contribution in [2.75, 3.05) is 6.61 Å². The molecule has 0 atom stereocenters. The van der Waals surface area contributed by atoms with Gasteiger partial charge in [-0.3, -0.25) is 0 Å². The Labute approximate surface area is 68.0 Å². The molecule has 0 saturated carbocycles. The molecule has 0 aliphatic rings. The molecule has 0 unspecified atom stereocenters. The van der Waals surface area contributed by atoms with E-state index < -0.39 is 0 Å². The van der Waals surface area contributed by atoms with Crippen LogP contribution in [0.2, 0.25) is 0 Å². The Hall–Kier alpha value is -0.0831. The van der Waals surface area contributed by atoms with E-state index in [1.165, 1.54) is 19.3 Å². The van der Waals surface area contributed by atoms with Crippen LogP contribution in [0.3, 0.4) is 0 Å². The van der Waals surface area contributed by atoms with E-state index in [1.54, 1.807) is 6.08 Å². The fraction of sp³-hybridized carbons (Fsp3) is 0.750. The van der Waals surface area contributed by atoms with Crippen molar-refractivity contribution in [3.8, 4) is 0 Å². The van der Waals surface area contributed by atoms with E-state index in [-0.39, 0.29) is 0 Å². The van der Waals surface area contributed by atoms with Crippen molar-refractivity contribution < 1.29 is 4.43 Å². The minimum Gasteiger partial charge on any atom is -0.428 e. The molecule has 0 fully saturated rings. The molecule has 0 aromatic rings. The highest BCUT2D eigenvalue weighted by atomic mass is 28.2. The average molecular weight is 160 g/mol. The van der Waals surface area contributed by atoms with Crippen LogP contribution in [-0.4, -0.2) is 17.1 Å². The van der Waals surface area contributed by atoms with Gasteiger partial charge in [0.25, 0.3) is 0 Å². The first-order chi connectivity index (χ1) is 4.83. The summed E-state index contributed by atoms with van der Waals surface area (Å²) in [6.07, 6.45) is 5.62. The van der Waals surface area contributed by atoms with Gasteiger partial charge in [-0.25, -0.2) is 0 Å². The van der Waals surface area contributed by atoms with Crippen LogP contribution in [0.25, 0.3) is 0 Å². The zero-order valence-corrected chi connectivity index (χ0v) is 9.52. The summed E-state index contributed by atoms with van der Waals surface area (Å²) in [5.74, 6) is 0. The lowest BCUT2D eigenvalue weighted by Gasteiger charge is -1.93. The van der Waals surface area contributed by atoms with Crippen LogP contribution in [0, 0.1) is 0 Å². The molecule has 0 rings (SSSR count). The molecule has 0 bridgehead atoms. The maximum atomic E-state index is 4.98. The summed E-state index contributed by atoms with van der Waals surface area (Å²) in [4.78, 5) is 0. The Morgan fingerprint density at radius 3 is 2.30 bits per heavy atom. The fourth-order valence-electron chi connectivity index (χ4n) is 0.496. The van der Waals surface area contributed by atoms with E-state index in [0.717, 1.165) is 17.1 Å². The Morgan fingerprint density at radius 1 is 1.50 bits per heavy atom. The number of allylic oxidation sites excluding steroid dienone is 1. The molecule has 0 radical (unpaired) electrons. The summed E-state index contributed by atoms with van der Waals surface area (Å²) >= 11 is 0. The van der Waals surface area contributed by atoms with E-state index in [0.29, 0.717) is 0 Å². The zero-order valence-electron chi connectivity index (χ0n) is 7.52. The second-order valence-corrected chi connectivity index (χ2v) is 2.69. The summed E-state index contributed by atoms with van der Waals surface area (Å²) in [6, 6.07) is 0. The first-order valence-corrected chi connectivity index (χ1v) is 4.71. The topological polar surface area (TPSA) is 9.23 Å². The molecule has 1 nitrogen and oxygen atoms in total. The van der Waals surface area contributed by atoms with E-state index in [2.05, 4.69) is 13.5 Å². The van der Waals surface area contributed by atoms with Gasteiger partial charge < -0.3 is 4.43 Å². The minimum absolute atomic E-state index is 0.906. The number of unbranched alkanes of at least 4 members (excludes halogenated alkanes) is 2. The third kappa shape index (κ3) is 24.7. The van der Waals surface area contributed by atoms with Crippen LogP contribution in [0.1, 0.15) is 33.1 Å². The Balaban J connectivity index is 0. The molecule has 2 heteroatoms. The summed E-state index contributed by atoms with van der Waals surface area (Å²) < 4.78 is 4.98. The minimum atomic E-state index is 0.906. The van der Waals surface area contributed by atoms with Crippen LogP contribution < -0.4 is 0 Å². The molecular formula is C8H20OSi. The second kappa shape index (κ2) is 16.0. The molecule has 0 heterocycles. The van der Waals surface area contributed by atoms with Crippen LogP contribution in [0.5, 0.6) is 0 Å². The molecule has 0 amide bonds. The molecule has 0 aliphatic carbocycles. The normalized spacial score (nSPS) is 8.20. The molecule has 0 aliphatic heterocycles. The van der Waals surface area contributed by atoms with Gasteiger partial charge in [0, 0.05) is 6.61 Å². The van der Waals surface area contributed by atoms with Crippen molar-refractivity contribution in [2.24, 2.45) is 0 Å². The second-order valence-electron chi connectivity index (χ2n) is 2.11. The first kappa shape index (κ1) is 12.6. The molecule has 0 spiro atoms. The van der Waals surface area contributed by atoms with Gasteiger partial charge in [0.1, 0.15) is 10.5 Å². The predicted octanol–water partition coefficient (Wildman–Crippen LogP) is 1.67. The van der Waals surface area contributed by atoms with Crippen molar-refractivity contribution >= 4 is 10.5 Å². The highest BCUT2D eigenvalue weighted by Gasteiger charge is 1.79. The van der Waals surface area contributed by atoms with Gasteiger partial charge in [-0.2, -0.15) is 0 Å². The molecule has 0 N–H and O–H groups in total. The van der Waals surface area contributed by atoms with Crippen LogP contribution in [0.4, 0.5) is 0 Å². The number of hydrogen-bond donors (Lipinski definition) is 0. The highest BCUT2D eigenvalue weighted by Crippen LogP contribution is 1.91. The predicted molar refractivity (Wildman–Crippen MR) is 51.3 cm³/mol. The quantitative estimate of drug-likeness (QED) is 0.345. The third-order valence-corrected chi connectivity index (χ3v) is 1.36. The summed E-state index contributed by atoms with van der Waals surface area (Å²) in [6.45, 7) is 8.44. The van der Waals surface area contributed by atoms with E-state index in [9.17, 15) is 0 Å². The van der Waals surface area contributed by atoms with Crippen LogP contribution in [-0.2, 0) is 4.43 Å². The van der Waals surface area contributed by atoms with Crippen LogP contribution >= 0.6 is 0 Å². The van der Waals surface area contributed by atoms with Crippen molar-refractivity contribution in [1.29, 1.82) is 0 Å². The van der Waals surface area contributed by atoms with Crippen molar-refractivity contribution in [2.45, 2.75) is 33.1 Å². The van der Waals surface area contributed by atoms with Gasteiger partial charge in [-0.15, -0.1) is 6.58 Å². The summed E-state index contributed by atoms with van der Waals surface area (Å²) in [5.41, 5.74) is 0. The number of rotatable bonds is 4. The smallest absolute Gasteiger partial charge is 0.145 e. The lowest BCUT2D eigenvalue weighted by Crippen LogP contribution is -1.87. The highest BCUT2D eigenvalue weighted by molar-refractivity contribution is 5.97. The SMILES string of the molecule is C=CC.CCCCCO[SiH3]. The zero-order chi connectivity index (χ0) is 8.24. The van der Waals surface area contributed by atoms with Gasteiger partial charge in [-0.1, -0.05) is 25.8 Å². The van der Waals surface area contributed by atoms with Gasteiger partial charge >= 0.3 is 0 Å². The molecule has 62 valence electrons. The van der Waals surface area contributed by atoms with Crippen molar-refractivity contribution in [3.05, 3.63) is 12.7 Å².